The van der Waals surface area contributed by atoms with Crippen molar-refractivity contribution in [3.63, 3.8) is 0 Å². The first-order valence-electron chi connectivity index (χ1n) is 6.12. The molecule has 0 saturated carbocycles. The maximum Gasteiger partial charge on any atom is 0.305 e. The predicted molar refractivity (Wildman–Crippen MR) is 72.6 cm³/mol. The molecule has 8 heteroatoms. The van der Waals surface area contributed by atoms with Crippen molar-refractivity contribution in [1.29, 1.82) is 0 Å². The van der Waals surface area contributed by atoms with Crippen LogP contribution in [0.4, 0.5) is 20.3 Å². The van der Waals surface area contributed by atoms with Gasteiger partial charge < -0.3 is 5.73 Å². The van der Waals surface area contributed by atoms with Gasteiger partial charge in [-0.2, -0.15) is 4.39 Å². The van der Waals surface area contributed by atoms with Crippen LogP contribution in [0.5, 0.6) is 0 Å². The van der Waals surface area contributed by atoms with Crippen LogP contribution < -0.4 is 5.73 Å². The van der Waals surface area contributed by atoms with Crippen LogP contribution in [0.3, 0.4) is 0 Å². The molecule has 0 bridgehead atoms. The molecule has 0 unspecified atom stereocenters. The Hall–Kier alpha value is -2.64. The molecule has 2 aromatic rings. The summed E-state index contributed by atoms with van der Waals surface area (Å²) in [6, 6.07) is 1.56. The second-order valence-corrected chi connectivity index (χ2v) is 4.36. The number of aryl methyl sites for hydroxylation is 1. The largest absolute Gasteiger partial charge is 0.383 e. The van der Waals surface area contributed by atoms with Crippen LogP contribution >= 0.6 is 0 Å². The molecular formula is C13H12F2N4O2. The van der Waals surface area contributed by atoms with Crippen molar-refractivity contribution >= 4 is 11.5 Å². The highest BCUT2D eigenvalue weighted by Gasteiger charge is 2.25. The summed E-state index contributed by atoms with van der Waals surface area (Å²) in [5.74, 6) is -2.50. The van der Waals surface area contributed by atoms with E-state index in [1.165, 1.54) is 0 Å². The van der Waals surface area contributed by atoms with Gasteiger partial charge in [-0.05, 0) is 19.4 Å². The molecular weight excluding hydrogens is 282 g/mol. The second kappa shape index (κ2) is 5.39. The molecule has 0 radical (unpaired) electrons. The SMILES string of the molecule is CCc1c(C)nc(-c2c(F)ccc([N+](=O)[O-])c2F)nc1N. The van der Waals surface area contributed by atoms with Gasteiger partial charge in [0, 0.05) is 17.3 Å². The number of benzene rings is 1. The van der Waals surface area contributed by atoms with Crippen LogP contribution in [0.25, 0.3) is 11.4 Å². The van der Waals surface area contributed by atoms with E-state index in [1.54, 1.807) is 6.92 Å². The van der Waals surface area contributed by atoms with Gasteiger partial charge in [0.2, 0.25) is 5.82 Å². The summed E-state index contributed by atoms with van der Waals surface area (Å²) in [6.07, 6.45) is 0.567. The van der Waals surface area contributed by atoms with Crippen molar-refractivity contribution in [1.82, 2.24) is 9.97 Å². The Balaban J connectivity index is 2.73. The fourth-order valence-corrected chi connectivity index (χ4v) is 2.05. The van der Waals surface area contributed by atoms with Crippen molar-refractivity contribution in [2.75, 3.05) is 5.73 Å². The number of nitrogens with zero attached hydrogens (tertiary/aromatic N) is 3. The Morgan fingerprint density at radius 1 is 1.33 bits per heavy atom. The number of hydrogen-bond acceptors (Lipinski definition) is 5. The molecule has 6 nitrogen and oxygen atoms in total. The fourth-order valence-electron chi connectivity index (χ4n) is 2.05. The number of nitrogen functional groups attached to an aromatic ring is 1. The highest BCUT2D eigenvalue weighted by molar-refractivity contribution is 5.64. The Morgan fingerprint density at radius 3 is 2.52 bits per heavy atom. The number of halogens is 2. The standard InChI is InChI=1S/C13H12F2N4O2/c1-3-7-6(2)17-13(18-12(7)16)10-8(14)4-5-9(11(10)15)19(20)21/h4-5H,3H2,1-2H3,(H2,16,17,18). The van der Waals surface area contributed by atoms with Crippen LogP contribution in [0.1, 0.15) is 18.2 Å². The normalized spacial score (nSPS) is 10.7. The minimum atomic E-state index is -1.32. The first-order chi connectivity index (χ1) is 9.86. The number of rotatable bonds is 3. The van der Waals surface area contributed by atoms with Gasteiger partial charge in [0.05, 0.1) is 10.5 Å². The van der Waals surface area contributed by atoms with E-state index >= 15 is 0 Å². The lowest BCUT2D eigenvalue weighted by molar-refractivity contribution is -0.387. The number of anilines is 1. The highest BCUT2D eigenvalue weighted by Crippen LogP contribution is 2.31. The maximum absolute atomic E-state index is 14.1. The summed E-state index contributed by atoms with van der Waals surface area (Å²) in [6.45, 7) is 3.48. The molecule has 0 amide bonds. The van der Waals surface area contributed by atoms with Gasteiger partial charge in [-0.1, -0.05) is 6.92 Å². The summed E-state index contributed by atoms with van der Waals surface area (Å²) in [7, 11) is 0. The van der Waals surface area contributed by atoms with Crippen LogP contribution in [-0.2, 0) is 6.42 Å². The lowest BCUT2D eigenvalue weighted by atomic mass is 10.1. The van der Waals surface area contributed by atoms with Gasteiger partial charge in [0.15, 0.2) is 5.82 Å². The zero-order chi connectivity index (χ0) is 15.7. The molecule has 1 heterocycles. The van der Waals surface area contributed by atoms with Crippen molar-refractivity contribution in [2.24, 2.45) is 0 Å². The summed E-state index contributed by atoms with van der Waals surface area (Å²) < 4.78 is 28.0. The molecule has 2 rings (SSSR count). The van der Waals surface area contributed by atoms with E-state index in [2.05, 4.69) is 9.97 Å². The molecule has 0 fully saturated rings. The average Bonchev–Trinajstić information content (AvgIpc) is 2.38. The molecule has 0 saturated heterocycles. The monoisotopic (exact) mass is 294 g/mol. The Labute approximate surface area is 118 Å². The van der Waals surface area contributed by atoms with Crippen LogP contribution in [0, 0.1) is 28.7 Å². The molecule has 0 atom stereocenters. The summed E-state index contributed by atoms with van der Waals surface area (Å²) in [5, 5.41) is 10.7. The van der Waals surface area contributed by atoms with Crippen molar-refractivity contribution in [2.45, 2.75) is 20.3 Å². The highest BCUT2D eigenvalue weighted by atomic mass is 19.1. The Bertz CT molecular complexity index is 711. The van der Waals surface area contributed by atoms with Crippen LogP contribution in [0.15, 0.2) is 12.1 Å². The van der Waals surface area contributed by atoms with E-state index < -0.39 is 27.8 Å². The predicted octanol–water partition coefficient (Wildman–Crippen LogP) is 2.78. The molecule has 0 aliphatic heterocycles. The zero-order valence-corrected chi connectivity index (χ0v) is 11.4. The molecule has 1 aromatic carbocycles. The lowest BCUT2D eigenvalue weighted by Crippen LogP contribution is -2.07. The first-order valence-corrected chi connectivity index (χ1v) is 6.12. The van der Waals surface area contributed by atoms with Gasteiger partial charge in [-0.25, -0.2) is 14.4 Å². The van der Waals surface area contributed by atoms with Crippen molar-refractivity contribution < 1.29 is 13.7 Å². The topological polar surface area (TPSA) is 94.9 Å². The van der Waals surface area contributed by atoms with Gasteiger partial charge in [0.25, 0.3) is 0 Å². The maximum atomic E-state index is 14.1. The summed E-state index contributed by atoms with van der Waals surface area (Å²) in [5.41, 5.74) is 5.39. The third kappa shape index (κ3) is 2.51. The summed E-state index contributed by atoms with van der Waals surface area (Å²) in [4.78, 5) is 17.7. The number of nitro benzene ring substituents is 1. The second-order valence-electron chi connectivity index (χ2n) is 4.36. The van der Waals surface area contributed by atoms with E-state index in [1.807, 2.05) is 6.92 Å². The average molecular weight is 294 g/mol. The third-order valence-corrected chi connectivity index (χ3v) is 3.09. The van der Waals surface area contributed by atoms with Gasteiger partial charge in [-0.15, -0.1) is 0 Å². The number of hydrogen-bond donors (Lipinski definition) is 1. The smallest absolute Gasteiger partial charge is 0.305 e. The number of nitro groups is 1. The van der Waals surface area contributed by atoms with Crippen LogP contribution in [-0.4, -0.2) is 14.9 Å². The lowest BCUT2D eigenvalue weighted by Gasteiger charge is -2.10. The molecule has 0 aliphatic carbocycles. The molecule has 0 aliphatic rings. The Morgan fingerprint density at radius 2 is 2.00 bits per heavy atom. The molecule has 21 heavy (non-hydrogen) atoms. The quantitative estimate of drug-likeness (QED) is 0.693. The minimum Gasteiger partial charge on any atom is -0.383 e. The molecule has 110 valence electrons. The minimum absolute atomic E-state index is 0.102. The van der Waals surface area contributed by atoms with Gasteiger partial charge in [0.1, 0.15) is 11.6 Å². The number of nitrogens with two attached hydrogens (primary N) is 1. The molecule has 1 aromatic heterocycles. The van der Waals surface area contributed by atoms with E-state index in [9.17, 15) is 18.9 Å². The summed E-state index contributed by atoms with van der Waals surface area (Å²) >= 11 is 0. The first kappa shape index (κ1) is 14.8. The molecule has 0 spiro atoms. The zero-order valence-electron chi connectivity index (χ0n) is 11.4. The molecule has 2 N–H and O–H groups in total. The number of aromatic nitrogens is 2. The third-order valence-electron chi connectivity index (χ3n) is 3.09. The fraction of sp³-hybridized carbons (Fsp3) is 0.231. The van der Waals surface area contributed by atoms with Crippen LogP contribution in [0.2, 0.25) is 0 Å². The Kier molecular flexibility index (Phi) is 3.79. The van der Waals surface area contributed by atoms with Gasteiger partial charge >= 0.3 is 5.69 Å². The van der Waals surface area contributed by atoms with E-state index in [-0.39, 0.29) is 11.6 Å². The van der Waals surface area contributed by atoms with E-state index in [0.29, 0.717) is 17.7 Å². The van der Waals surface area contributed by atoms with E-state index in [4.69, 9.17) is 5.73 Å². The van der Waals surface area contributed by atoms with Crippen molar-refractivity contribution in [3.05, 3.63) is 45.1 Å². The van der Waals surface area contributed by atoms with Crippen molar-refractivity contribution in [3.8, 4) is 11.4 Å². The van der Waals surface area contributed by atoms with Gasteiger partial charge in [-0.3, -0.25) is 10.1 Å². The van der Waals surface area contributed by atoms with E-state index in [0.717, 1.165) is 12.1 Å².